The second-order valence-corrected chi connectivity index (χ2v) is 6.27. The second kappa shape index (κ2) is 6.65. The van der Waals surface area contributed by atoms with Crippen LogP contribution in [-0.4, -0.2) is 26.0 Å². The average molecular weight is 363 g/mol. The molecule has 0 saturated carbocycles. The molecule has 2 heterocycles. The summed E-state index contributed by atoms with van der Waals surface area (Å²) in [5, 5.41) is 11.9. The van der Waals surface area contributed by atoms with Crippen LogP contribution in [0.3, 0.4) is 0 Å². The molecule has 0 aliphatic carbocycles. The lowest BCUT2D eigenvalue weighted by Crippen LogP contribution is -2.11. The van der Waals surface area contributed by atoms with Gasteiger partial charge in [0, 0.05) is 41.3 Å². The molecule has 0 spiro atoms. The van der Waals surface area contributed by atoms with E-state index in [1.807, 2.05) is 30.5 Å². The van der Waals surface area contributed by atoms with Gasteiger partial charge in [0.25, 0.3) is 11.2 Å². The number of fused-ring (bicyclic) bond motifs is 2. The van der Waals surface area contributed by atoms with Crippen molar-refractivity contribution in [1.82, 2.24) is 14.5 Å². The van der Waals surface area contributed by atoms with E-state index in [9.17, 15) is 14.9 Å². The van der Waals surface area contributed by atoms with Crippen molar-refractivity contribution < 1.29 is 4.92 Å². The highest BCUT2D eigenvalue weighted by Gasteiger charge is 2.16. The van der Waals surface area contributed by atoms with E-state index in [-0.39, 0.29) is 11.2 Å². The van der Waals surface area contributed by atoms with Crippen LogP contribution in [0.4, 0.5) is 5.69 Å². The topological polar surface area (TPSA) is 120 Å². The summed E-state index contributed by atoms with van der Waals surface area (Å²) in [7, 11) is 0. The third-order valence-electron chi connectivity index (χ3n) is 4.53. The number of H-pyrrole nitrogens is 1. The van der Waals surface area contributed by atoms with Crippen LogP contribution in [0.5, 0.6) is 0 Å². The number of para-hydroxylation sites is 1. The number of nitrogens with one attached hydrogen (secondary N) is 1. The Hall–Kier alpha value is -3.52. The monoisotopic (exact) mass is 363 g/mol. The molecule has 0 aliphatic heterocycles. The lowest BCUT2D eigenvalue weighted by atomic mass is 10.1. The van der Waals surface area contributed by atoms with Crippen LogP contribution >= 0.6 is 0 Å². The Balaban J connectivity index is 1.92. The van der Waals surface area contributed by atoms with E-state index in [0.717, 1.165) is 29.4 Å². The highest BCUT2D eigenvalue weighted by Crippen LogP contribution is 2.29. The Morgan fingerprint density at radius 3 is 2.81 bits per heavy atom. The SMILES string of the molecule is NCCCn1cc(-c2nc3ccc([N+](=O)[O-])cc3[nH]c2=O)c2ccccc21. The van der Waals surface area contributed by atoms with Gasteiger partial charge in [0.1, 0.15) is 5.69 Å². The lowest BCUT2D eigenvalue weighted by molar-refractivity contribution is -0.384. The minimum atomic E-state index is -0.503. The number of nitro groups is 1. The molecule has 0 bridgehead atoms. The Bertz CT molecular complexity index is 1230. The van der Waals surface area contributed by atoms with Gasteiger partial charge in [-0.2, -0.15) is 0 Å². The van der Waals surface area contributed by atoms with Gasteiger partial charge in [0.2, 0.25) is 0 Å². The molecule has 4 rings (SSSR count). The molecule has 0 fully saturated rings. The van der Waals surface area contributed by atoms with E-state index in [2.05, 4.69) is 14.5 Å². The van der Waals surface area contributed by atoms with E-state index >= 15 is 0 Å². The Labute approximate surface area is 153 Å². The number of aromatic nitrogens is 3. The third kappa shape index (κ3) is 2.96. The normalized spacial score (nSPS) is 11.3. The fraction of sp³-hybridized carbons (Fsp3) is 0.158. The molecule has 0 aliphatic rings. The number of nitrogens with two attached hydrogens (primary N) is 1. The fourth-order valence-electron chi connectivity index (χ4n) is 3.25. The van der Waals surface area contributed by atoms with Gasteiger partial charge >= 0.3 is 0 Å². The summed E-state index contributed by atoms with van der Waals surface area (Å²) in [6.07, 6.45) is 2.73. The summed E-state index contributed by atoms with van der Waals surface area (Å²) < 4.78 is 2.07. The molecule has 8 heteroatoms. The first kappa shape index (κ1) is 16.9. The Kier molecular flexibility index (Phi) is 4.17. The van der Waals surface area contributed by atoms with E-state index in [4.69, 9.17) is 5.73 Å². The molecule has 0 amide bonds. The zero-order valence-corrected chi connectivity index (χ0v) is 14.4. The number of benzene rings is 2. The first-order chi connectivity index (χ1) is 13.1. The number of rotatable bonds is 5. The van der Waals surface area contributed by atoms with E-state index in [1.54, 1.807) is 6.07 Å². The number of nitrogens with zero attached hydrogens (tertiary/aromatic N) is 3. The van der Waals surface area contributed by atoms with Gasteiger partial charge in [0.05, 0.1) is 16.0 Å². The van der Waals surface area contributed by atoms with Gasteiger partial charge in [-0.1, -0.05) is 18.2 Å². The van der Waals surface area contributed by atoms with Crippen molar-refractivity contribution in [3.8, 4) is 11.3 Å². The predicted octanol–water partition coefficient (Wildman–Crippen LogP) is 2.80. The number of aryl methyl sites for hydroxylation is 1. The minimum absolute atomic E-state index is 0.0916. The maximum atomic E-state index is 12.7. The van der Waals surface area contributed by atoms with E-state index in [1.165, 1.54) is 12.1 Å². The van der Waals surface area contributed by atoms with Crippen LogP contribution < -0.4 is 11.3 Å². The molecule has 2 aromatic carbocycles. The van der Waals surface area contributed by atoms with Crippen LogP contribution in [0.2, 0.25) is 0 Å². The maximum absolute atomic E-state index is 12.7. The maximum Gasteiger partial charge on any atom is 0.275 e. The molecule has 2 aromatic heterocycles. The lowest BCUT2D eigenvalue weighted by Gasteiger charge is -2.02. The summed E-state index contributed by atoms with van der Waals surface area (Å²) in [6.45, 7) is 1.32. The van der Waals surface area contributed by atoms with Gasteiger partial charge in [0.15, 0.2) is 0 Å². The highest BCUT2D eigenvalue weighted by molar-refractivity contribution is 5.95. The van der Waals surface area contributed by atoms with Crippen molar-refractivity contribution in [1.29, 1.82) is 0 Å². The van der Waals surface area contributed by atoms with Gasteiger partial charge in [-0.15, -0.1) is 0 Å². The molecule has 0 saturated heterocycles. The van der Waals surface area contributed by atoms with Crippen molar-refractivity contribution in [2.75, 3.05) is 6.54 Å². The van der Waals surface area contributed by atoms with E-state index in [0.29, 0.717) is 23.3 Å². The summed E-state index contributed by atoms with van der Waals surface area (Å²) in [5.41, 5.74) is 8.01. The largest absolute Gasteiger partial charge is 0.347 e. The van der Waals surface area contributed by atoms with Gasteiger partial charge in [-0.25, -0.2) is 4.98 Å². The van der Waals surface area contributed by atoms with Crippen LogP contribution in [0.25, 0.3) is 33.2 Å². The molecule has 3 N–H and O–H groups in total. The molecule has 0 radical (unpaired) electrons. The zero-order valence-electron chi connectivity index (χ0n) is 14.4. The van der Waals surface area contributed by atoms with E-state index < -0.39 is 4.92 Å². The van der Waals surface area contributed by atoms with Crippen molar-refractivity contribution in [2.45, 2.75) is 13.0 Å². The first-order valence-electron chi connectivity index (χ1n) is 8.55. The van der Waals surface area contributed by atoms with Gasteiger partial charge in [-0.3, -0.25) is 14.9 Å². The fourth-order valence-corrected chi connectivity index (χ4v) is 3.25. The van der Waals surface area contributed by atoms with Crippen LogP contribution in [-0.2, 0) is 6.54 Å². The smallest absolute Gasteiger partial charge is 0.275 e. The first-order valence-corrected chi connectivity index (χ1v) is 8.55. The summed E-state index contributed by atoms with van der Waals surface area (Å²) >= 11 is 0. The van der Waals surface area contributed by atoms with Gasteiger partial charge < -0.3 is 15.3 Å². The number of nitro benzene ring substituents is 1. The molecule has 4 aromatic rings. The molecule has 8 nitrogen and oxygen atoms in total. The van der Waals surface area contributed by atoms with Crippen molar-refractivity contribution in [2.24, 2.45) is 5.73 Å². The second-order valence-electron chi connectivity index (χ2n) is 6.27. The number of hydrogen-bond donors (Lipinski definition) is 2. The molecule has 27 heavy (non-hydrogen) atoms. The number of aromatic amines is 1. The summed E-state index contributed by atoms with van der Waals surface area (Å²) in [5.74, 6) is 0. The number of non-ortho nitro benzene ring substituents is 1. The van der Waals surface area contributed by atoms with Crippen LogP contribution in [0.15, 0.2) is 53.5 Å². The molecular weight excluding hydrogens is 346 g/mol. The average Bonchev–Trinajstić information content (AvgIpc) is 3.04. The van der Waals surface area contributed by atoms with Gasteiger partial charge in [-0.05, 0) is 25.1 Å². The standard InChI is InChI=1S/C19H17N5O3/c20-8-3-9-23-11-14(13-4-1-2-5-17(13)23)18-19(25)22-16-10-12(24(26)27)6-7-15(16)21-18/h1-2,4-7,10-11H,3,8-9,20H2,(H,22,25). The van der Waals surface area contributed by atoms with Crippen LogP contribution in [0, 0.1) is 10.1 Å². The number of hydrogen-bond acceptors (Lipinski definition) is 5. The molecular formula is C19H17N5O3. The predicted molar refractivity (Wildman–Crippen MR) is 104 cm³/mol. The molecule has 0 atom stereocenters. The minimum Gasteiger partial charge on any atom is -0.347 e. The van der Waals surface area contributed by atoms with Crippen molar-refractivity contribution >= 4 is 27.6 Å². The van der Waals surface area contributed by atoms with Crippen molar-refractivity contribution in [3.63, 3.8) is 0 Å². The Morgan fingerprint density at radius 1 is 1.22 bits per heavy atom. The summed E-state index contributed by atoms with van der Waals surface area (Å²) in [4.78, 5) is 30.3. The molecule has 136 valence electrons. The highest BCUT2D eigenvalue weighted by atomic mass is 16.6. The Morgan fingerprint density at radius 2 is 2.04 bits per heavy atom. The molecule has 0 unspecified atom stereocenters. The van der Waals surface area contributed by atoms with Crippen LogP contribution in [0.1, 0.15) is 6.42 Å². The summed E-state index contributed by atoms with van der Waals surface area (Å²) in [6, 6.07) is 12.0. The third-order valence-corrected chi connectivity index (χ3v) is 4.53. The quantitative estimate of drug-likeness (QED) is 0.417. The zero-order chi connectivity index (χ0) is 19.0. The van der Waals surface area contributed by atoms with Crippen molar-refractivity contribution in [3.05, 3.63) is 69.1 Å².